The van der Waals surface area contributed by atoms with E-state index in [-0.39, 0.29) is 6.61 Å². The van der Waals surface area contributed by atoms with E-state index in [2.05, 4.69) is 0 Å². The van der Waals surface area contributed by atoms with E-state index >= 15 is 0 Å². The van der Waals surface area contributed by atoms with Crippen molar-refractivity contribution in [3.05, 3.63) is 58.7 Å². The summed E-state index contributed by atoms with van der Waals surface area (Å²) in [6.07, 6.45) is -0.723. The van der Waals surface area contributed by atoms with E-state index in [1.807, 2.05) is 57.2 Å². The zero-order chi connectivity index (χ0) is 15.4. The Kier molecular flexibility index (Phi) is 4.86. The molecule has 0 aromatic heterocycles. The third-order valence-electron chi connectivity index (χ3n) is 3.54. The lowest BCUT2D eigenvalue weighted by Crippen LogP contribution is -2.12. The van der Waals surface area contributed by atoms with Crippen LogP contribution in [-0.4, -0.2) is 18.8 Å². The van der Waals surface area contributed by atoms with Crippen molar-refractivity contribution < 1.29 is 14.6 Å². The molecule has 112 valence electrons. The third kappa shape index (κ3) is 3.56. The Morgan fingerprint density at radius 2 is 1.71 bits per heavy atom. The van der Waals surface area contributed by atoms with Crippen molar-refractivity contribution in [3.8, 4) is 11.5 Å². The lowest BCUT2D eigenvalue weighted by atomic mass is 10.1. The van der Waals surface area contributed by atoms with Gasteiger partial charge in [-0.1, -0.05) is 29.8 Å². The van der Waals surface area contributed by atoms with Crippen molar-refractivity contribution >= 4 is 0 Å². The number of aliphatic hydroxyl groups excluding tert-OH is 1. The molecule has 21 heavy (non-hydrogen) atoms. The molecule has 0 spiro atoms. The lowest BCUT2D eigenvalue weighted by Gasteiger charge is -2.18. The molecule has 0 radical (unpaired) electrons. The molecule has 1 atom stereocenters. The van der Waals surface area contributed by atoms with Crippen molar-refractivity contribution in [1.82, 2.24) is 0 Å². The van der Waals surface area contributed by atoms with Crippen LogP contribution in [-0.2, 0) is 0 Å². The first-order valence-corrected chi connectivity index (χ1v) is 7.04. The Labute approximate surface area is 126 Å². The molecule has 2 rings (SSSR count). The summed E-state index contributed by atoms with van der Waals surface area (Å²) in [5.41, 5.74) is 3.97. The molecule has 0 saturated heterocycles. The molecule has 2 aromatic carbocycles. The number of aryl methyl sites for hydroxylation is 3. The molecule has 0 aliphatic rings. The van der Waals surface area contributed by atoms with Crippen LogP contribution in [0.2, 0.25) is 0 Å². The lowest BCUT2D eigenvalue weighted by molar-refractivity contribution is 0.105. The van der Waals surface area contributed by atoms with Crippen molar-refractivity contribution in [1.29, 1.82) is 0 Å². The summed E-state index contributed by atoms with van der Waals surface area (Å²) >= 11 is 0. The fourth-order valence-electron chi connectivity index (χ4n) is 2.39. The molecule has 1 unspecified atom stereocenters. The van der Waals surface area contributed by atoms with Crippen LogP contribution in [0.5, 0.6) is 11.5 Å². The zero-order valence-electron chi connectivity index (χ0n) is 13.0. The molecule has 3 nitrogen and oxygen atoms in total. The molecule has 0 saturated carbocycles. The second-order valence-corrected chi connectivity index (χ2v) is 5.29. The maximum Gasteiger partial charge on any atom is 0.125 e. The van der Waals surface area contributed by atoms with E-state index in [4.69, 9.17) is 9.47 Å². The van der Waals surface area contributed by atoms with Gasteiger partial charge in [-0.2, -0.15) is 0 Å². The maximum atomic E-state index is 10.4. The number of methoxy groups -OCH3 is 1. The Bertz CT molecular complexity index is 600. The van der Waals surface area contributed by atoms with Gasteiger partial charge in [0.05, 0.1) is 7.11 Å². The normalized spacial score (nSPS) is 12.0. The van der Waals surface area contributed by atoms with Gasteiger partial charge in [-0.05, 0) is 44.0 Å². The van der Waals surface area contributed by atoms with Gasteiger partial charge in [-0.25, -0.2) is 0 Å². The standard InChI is InChI=1S/C18H22O3/c1-12-8-9-17(20-4)15(10-12)16(19)11-21-18-13(2)6-5-7-14(18)3/h5-10,16,19H,11H2,1-4H3. The summed E-state index contributed by atoms with van der Waals surface area (Å²) in [5, 5.41) is 10.4. The van der Waals surface area contributed by atoms with Gasteiger partial charge in [-0.15, -0.1) is 0 Å². The molecule has 0 aliphatic carbocycles. The SMILES string of the molecule is COc1ccc(C)cc1C(O)COc1c(C)cccc1C. The summed E-state index contributed by atoms with van der Waals surface area (Å²) in [7, 11) is 1.60. The molecular weight excluding hydrogens is 264 g/mol. The van der Waals surface area contributed by atoms with Crippen LogP contribution in [0, 0.1) is 20.8 Å². The molecule has 2 aromatic rings. The average molecular weight is 286 g/mol. The number of benzene rings is 2. The predicted molar refractivity (Wildman–Crippen MR) is 84.1 cm³/mol. The van der Waals surface area contributed by atoms with E-state index in [0.717, 1.165) is 28.0 Å². The van der Waals surface area contributed by atoms with Crippen LogP contribution < -0.4 is 9.47 Å². The first-order chi connectivity index (χ1) is 10.0. The van der Waals surface area contributed by atoms with Crippen LogP contribution >= 0.6 is 0 Å². The minimum atomic E-state index is -0.723. The molecule has 0 heterocycles. The minimum Gasteiger partial charge on any atom is -0.496 e. The Hall–Kier alpha value is -2.00. The Balaban J connectivity index is 2.15. The van der Waals surface area contributed by atoms with Crippen LogP contribution in [0.3, 0.4) is 0 Å². The predicted octanol–water partition coefficient (Wildman–Crippen LogP) is 3.73. The molecular formula is C18H22O3. The topological polar surface area (TPSA) is 38.7 Å². The maximum absolute atomic E-state index is 10.4. The quantitative estimate of drug-likeness (QED) is 0.910. The Morgan fingerprint density at radius 1 is 1.05 bits per heavy atom. The molecule has 0 bridgehead atoms. The van der Waals surface area contributed by atoms with Gasteiger partial charge in [0.15, 0.2) is 0 Å². The second-order valence-electron chi connectivity index (χ2n) is 5.29. The van der Waals surface area contributed by atoms with Gasteiger partial charge in [0.1, 0.15) is 24.2 Å². The molecule has 0 amide bonds. The van der Waals surface area contributed by atoms with Crippen molar-refractivity contribution in [2.75, 3.05) is 13.7 Å². The van der Waals surface area contributed by atoms with E-state index in [1.165, 1.54) is 0 Å². The smallest absolute Gasteiger partial charge is 0.125 e. The number of hydrogen-bond donors (Lipinski definition) is 1. The monoisotopic (exact) mass is 286 g/mol. The summed E-state index contributed by atoms with van der Waals surface area (Å²) < 4.78 is 11.1. The highest BCUT2D eigenvalue weighted by atomic mass is 16.5. The summed E-state index contributed by atoms with van der Waals surface area (Å²) in [6.45, 7) is 6.19. The van der Waals surface area contributed by atoms with E-state index in [0.29, 0.717) is 5.75 Å². The molecule has 0 fully saturated rings. The van der Waals surface area contributed by atoms with Gasteiger partial charge in [0, 0.05) is 5.56 Å². The molecule has 1 N–H and O–H groups in total. The fraction of sp³-hybridized carbons (Fsp3) is 0.333. The highest BCUT2D eigenvalue weighted by molar-refractivity contribution is 5.41. The van der Waals surface area contributed by atoms with Gasteiger partial charge in [-0.3, -0.25) is 0 Å². The fourth-order valence-corrected chi connectivity index (χ4v) is 2.39. The van der Waals surface area contributed by atoms with Crippen LogP contribution in [0.25, 0.3) is 0 Å². The largest absolute Gasteiger partial charge is 0.496 e. The van der Waals surface area contributed by atoms with Crippen molar-refractivity contribution in [2.45, 2.75) is 26.9 Å². The highest BCUT2D eigenvalue weighted by Crippen LogP contribution is 2.28. The van der Waals surface area contributed by atoms with Crippen molar-refractivity contribution in [2.24, 2.45) is 0 Å². The zero-order valence-corrected chi connectivity index (χ0v) is 13.0. The number of hydrogen-bond acceptors (Lipinski definition) is 3. The van der Waals surface area contributed by atoms with E-state index in [1.54, 1.807) is 7.11 Å². The molecule has 0 aliphatic heterocycles. The first kappa shape index (κ1) is 15.4. The summed E-state index contributed by atoms with van der Waals surface area (Å²) in [6, 6.07) is 11.8. The number of rotatable bonds is 5. The minimum absolute atomic E-state index is 0.200. The highest BCUT2D eigenvalue weighted by Gasteiger charge is 2.15. The van der Waals surface area contributed by atoms with E-state index in [9.17, 15) is 5.11 Å². The summed E-state index contributed by atoms with van der Waals surface area (Å²) in [5.74, 6) is 1.52. The Morgan fingerprint density at radius 3 is 2.33 bits per heavy atom. The van der Waals surface area contributed by atoms with Crippen LogP contribution in [0.4, 0.5) is 0 Å². The van der Waals surface area contributed by atoms with Gasteiger partial charge in [0.2, 0.25) is 0 Å². The number of aliphatic hydroxyl groups is 1. The number of para-hydroxylation sites is 1. The first-order valence-electron chi connectivity index (χ1n) is 7.04. The molecule has 3 heteroatoms. The van der Waals surface area contributed by atoms with Crippen molar-refractivity contribution in [3.63, 3.8) is 0 Å². The van der Waals surface area contributed by atoms with Gasteiger partial charge in [0.25, 0.3) is 0 Å². The second kappa shape index (κ2) is 6.64. The number of ether oxygens (including phenoxy) is 2. The van der Waals surface area contributed by atoms with Gasteiger partial charge < -0.3 is 14.6 Å². The van der Waals surface area contributed by atoms with Crippen LogP contribution in [0.15, 0.2) is 36.4 Å². The van der Waals surface area contributed by atoms with Gasteiger partial charge >= 0.3 is 0 Å². The van der Waals surface area contributed by atoms with E-state index < -0.39 is 6.10 Å². The third-order valence-corrected chi connectivity index (χ3v) is 3.54. The average Bonchev–Trinajstić information content (AvgIpc) is 2.46. The summed E-state index contributed by atoms with van der Waals surface area (Å²) in [4.78, 5) is 0. The van der Waals surface area contributed by atoms with Crippen LogP contribution in [0.1, 0.15) is 28.4 Å².